The molecule has 0 unspecified atom stereocenters. The maximum atomic E-state index is 12.6. The van der Waals surface area contributed by atoms with Crippen molar-refractivity contribution in [3.63, 3.8) is 0 Å². The highest BCUT2D eigenvalue weighted by atomic mass is 16.5. The first-order valence-electron chi connectivity index (χ1n) is 12.0. The fourth-order valence-electron chi connectivity index (χ4n) is 3.91. The minimum Gasteiger partial charge on any atom is -0.488 e. The number of benzene rings is 4. The van der Waals surface area contributed by atoms with Crippen LogP contribution in [-0.4, -0.2) is 21.2 Å². The molecule has 0 saturated heterocycles. The van der Waals surface area contributed by atoms with E-state index >= 15 is 0 Å². The number of nitrogens with one attached hydrogen (secondary N) is 1. The number of hydrazone groups is 1. The van der Waals surface area contributed by atoms with E-state index in [9.17, 15) is 4.79 Å². The fourth-order valence-corrected chi connectivity index (χ4v) is 3.91. The second-order valence-electron chi connectivity index (χ2n) is 8.50. The van der Waals surface area contributed by atoms with Crippen molar-refractivity contribution in [3.8, 4) is 22.6 Å². The standard InChI is InChI=1S/C31H26N4O2/c1-23(25-15-17-28(18-16-25)35-20-19-32-22-35)33-34-31(36)27-13-11-24(12-14-27)21-37-30-10-6-5-9-29(30)26-7-3-2-4-8-26/h2-20,22H,21H2,1H3,(H,34,36)/b33-23+. The fraction of sp³-hybridized carbons (Fsp3) is 0.0645. The van der Waals surface area contributed by atoms with Gasteiger partial charge >= 0.3 is 0 Å². The number of carbonyl (C=O) groups is 1. The number of hydrogen-bond donors (Lipinski definition) is 1. The monoisotopic (exact) mass is 486 g/mol. The van der Waals surface area contributed by atoms with E-state index in [-0.39, 0.29) is 5.91 Å². The lowest BCUT2D eigenvalue weighted by Gasteiger charge is -2.12. The highest BCUT2D eigenvalue weighted by Gasteiger charge is 2.08. The number of para-hydroxylation sites is 1. The number of carbonyl (C=O) groups excluding carboxylic acids is 1. The Morgan fingerprint density at radius 2 is 1.57 bits per heavy atom. The summed E-state index contributed by atoms with van der Waals surface area (Å²) < 4.78 is 8.04. The maximum absolute atomic E-state index is 12.6. The summed E-state index contributed by atoms with van der Waals surface area (Å²) in [6.07, 6.45) is 5.37. The van der Waals surface area contributed by atoms with Crippen molar-refractivity contribution in [1.82, 2.24) is 15.0 Å². The lowest BCUT2D eigenvalue weighted by atomic mass is 10.0. The van der Waals surface area contributed by atoms with Crippen LogP contribution in [0.2, 0.25) is 0 Å². The first kappa shape index (κ1) is 23.8. The number of hydrogen-bond acceptors (Lipinski definition) is 4. The van der Waals surface area contributed by atoms with Crippen LogP contribution < -0.4 is 10.2 Å². The first-order chi connectivity index (χ1) is 18.2. The van der Waals surface area contributed by atoms with E-state index in [1.807, 2.05) is 90.5 Å². The molecule has 0 saturated carbocycles. The number of imidazole rings is 1. The van der Waals surface area contributed by atoms with E-state index < -0.39 is 0 Å². The average Bonchev–Trinajstić information content (AvgIpc) is 3.51. The van der Waals surface area contributed by atoms with Crippen LogP contribution in [0.4, 0.5) is 0 Å². The molecule has 1 N–H and O–H groups in total. The molecule has 0 spiro atoms. The predicted molar refractivity (Wildman–Crippen MR) is 146 cm³/mol. The van der Waals surface area contributed by atoms with Crippen LogP contribution in [-0.2, 0) is 6.61 Å². The molecule has 5 rings (SSSR count). The summed E-state index contributed by atoms with van der Waals surface area (Å²) in [4.78, 5) is 16.7. The molecule has 0 aliphatic rings. The summed E-state index contributed by atoms with van der Waals surface area (Å²) in [7, 11) is 0. The second-order valence-corrected chi connectivity index (χ2v) is 8.50. The van der Waals surface area contributed by atoms with Crippen molar-refractivity contribution >= 4 is 11.6 Å². The quantitative estimate of drug-likeness (QED) is 0.208. The van der Waals surface area contributed by atoms with Gasteiger partial charge in [-0.2, -0.15) is 5.10 Å². The number of nitrogens with zero attached hydrogens (tertiary/aromatic N) is 3. The molecule has 0 fully saturated rings. The Balaban J connectivity index is 1.19. The zero-order chi connectivity index (χ0) is 25.5. The van der Waals surface area contributed by atoms with Gasteiger partial charge < -0.3 is 9.30 Å². The Hall–Kier alpha value is -4.97. The highest BCUT2D eigenvalue weighted by Crippen LogP contribution is 2.30. The molecule has 0 radical (unpaired) electrons. The highest BCUT2D eigenvalue weighted by molar-refractivity contribution is 6.01. The van der Waals surface area contributed by atoms with Gasteiger partial charge in [0.2, 0.25) is 0 Å². The van der Waals surface area contributed by atoms with Crippen LogP contribution in [0.25, 0.3) is 16.8 Å². The summed E-state index contributed by atoms with van der Waals surface area (Å²) in [5.41, 5.74) is 8.94. The van der Waals surface area contributed by atoms with Crippen molar-refractivity contribution in [3.05, 3.63) is 139 Å². The van der Waals surface area contributed by atoms with Crippen LogP contribution in [0.5, 0.6) is 5.75 Å². The van der Waals surface area contributed by atoms with Crippen LogP contribution in [0.3, 0.4) is 0 Å². The summed E-state index contributed by atoms with van der Waals surface area (Å²) in [5.74, 6) is 0.551. The lowest BCUT2D eigenvalue weighted by Crippen LogP contribution is -2.19. The van der Waals surface area contributed by atoms with E-state index in [1.165, 1.54) is 0 Å². The third-order valence-electron chi connectivity index (χ3n) is 6.00. The van der Waals surface area contributed by atoms with Crippen molar-refractivity contribution in [1.29, 1.82) is 0 Å². The smallest absolute Gasteiger partial charge is 0.271 e. The van der Waals surface area contributed by atoms with Crippen LogP contribution >= 0.6 is 0 Å². The number of aromatic nitrogens is 2. The summed E-state index contributed by atoms with van der Waals surface area (Å²) >= 11 is 0. The molecule has 6 nitrogen and oxygen atoms in total. The Labute approximate surface area is 215 Å². The van der Waals surface area contributed by atoms with E-state index in [4.69, 9.17) is 4.74 Å². The normalized spacial score (nSPS) is 11.2. The van der Waals surface area contributed by atoms with Gasteiger partial charge in [-0.25, -0.2) is 10.4 Å². The Bertz CT molecular complexity index is 1490. The molecule has 37 heavy (non-hydrogen) atoms. The summed E-state index contributed by atoms with van der Waals surface area (Å²) in [6.45, 7) is 2.26. The van der Waals surface area contributed by atoms with E-state index in [0.29, 0.717) is 17.9 Å². The van der Waals surface area contributed by atoms with Gasteiger partial charge in [0.25, 0.3) is 5.91 Å². The topological polar surface area (TPSA) is 68.5 Å². The Kier molecular flexibility index (Phi) is 7.18. The van der Waals surface area contributed by atoms with Crippen molar-refractivity contribution in [2.24, 2.45) is 5.10 Å². The molecule has 6 heteroatoms. The number of rotatable bonds is 8. The molecule has 1 aromatic heterocycles. The van der Waals surface area contributed by atoms with Gasteiger partial charge in [0, 0.05) is 29.2 Å². The molecular weight excluding hydrogens is 460 g/mol. The summed E-state index contributed by atoms with van der Waals surface area (Å²) in [6, 6.07) is 33.4. The SMILES string of the molecule is C/C(=N\NC(=O)c1ccc(COc2ccccc2-c2ccccc2)cc1)c1ccc(-n2ccnc2)cc1. The van der Waals surface area contributed by atoms with Crippen molar-refractivity contribution in [2.75, 3.05) is 0 Å². The molecule has 1 amide bonds. The van der Waals surface area contributed by atoms with E-state index in [1.54, 1.807) is 24.7 Å². The molecule has 182 valence electrons. The third kappa shape index (κ3) is 5.82. The maximum Gasteiger partial charge on any atom is 0.271 e. The Morgan fingerprint density at radius 1 is 0.865 bits per heavy atom. The van der Waals surface area contributed by atoms with Gasteiger partial charge in [-0.3, -0.25) is 4.79 Å². The van der Waals surface area contributed by atoms with Crippen molar-refractivity contribution < 1.29 is 9.53 Å². The van der Waals surface area contributed by atoms with Gasteiger partial charge in [-0.1, -0.05) is 72.8 Å². The van der Waals surface area contributed by atoms with Gasteiger partial charge in [-0.15, -0.1) is 0 Å². The predicted octanol–water partition coefficient (Wildman–Crippen LogP) is 6.27. The van der Waals surface area contributed by atoms with Gasteiger partial charge in [0.05, 0.1) is 12.0 Å². The molecule has 0 aliphatic carbocycles. The molecule has 1 heterocycles. The van der Waals surface area contributed by atoms with E-state index in [2.05, 4.69) is 33.7 Å². The van der Waals surface area contributed by atoms with Gasteiger partial charge in [-0.05, 0) is 53.9 Å². The Morgan fingerprint density at radius 3 is 2.30 bits per heavy atom. The minimum absolute atomic E-state index is 0.267. The van der Waals surface area contributed by atoms with E-state index in [0.717, 1.165) is 33.7 Å². The molecule has 5 aromatic rings. The van der Waals surface area contributed by atoms with Gasteiger partial charge in [0.15, 0.2) is 0 Å². The van der Waals surface area contributed by atoms with Crippen LogP contribution in [0.1, 0.15) is 28.4 Å². The number of amides is 1. The summed E-state index contributed by atoms with van der Waals surface area (Å²) in [5, 5.41) is 4.27. The molecule has 4 aromatic carbocycles. The zero-order valence-corrected chi connectivity index (χ0v) is 20.4. The first-order valence-corrected chi connectivity index (χ1v) is 12.0. The second kappa shape index (κ2) is 11.2. The molecular formula is C31H26N4O2. The lowest BCUT2D eigenvalue weighted by molar-refractivity contribution is 0.0954. The number of ether oxygens (including phenoxy) is 1. The molecule has 0 atom stereocenters. The van der Waals surface area contributed by atoms with Gasteiger partial charge in [0.1, 0.15) is 12.4 Å². The zero-order valence-electron chi connectivity index (χ0n) is 20.4. The molecule has 0 bridgehead atoms. The van der Waals surface area contributed by atoms with Crippen LogP contribution in [0.15, 0.2) is 127 Å². The minimum atomic E-state index is -0.267. The van der Waals surface area contributed by atoms with Crippen molar-refractivity contribution in [2.45, 2.75) is 13.5 Å². The average molecular weight is 487 g/mol. The third-order valence-corrected chi connectivity index (χ3v) is 6.00. The largest absolute Gasteiger partial charge is 0.488 e. The molecule has 0 aliphatic heterocycles. The van der Waals surface area contributed by atoms with Crippen LogP contribution in [0, 0.1) is 0 Å².